The van der Waals surface area contributed by atoms with Gasteiger partial charge in [0.15, 0.2) is 15.4 Å². The third kappa shape index (κ3) is 1.54. The van der Waals surface area contributed by atoms with E-state index in [0.717, 1.165) is 6.42 Å². The molecule has 0 aromatic rings. The quantitative estimate of drug-likeness (QED) is 0.566. The van der Waals surface area contributed by atoms with Gasteiger partial charge in [-0.1, -0.05) is 13.8 Å². The molecule has 1 spiro atoms. The summed E-state index contributed by atoms with van der Waals surface area (Å²) in [6.45, 7) is 3.73. The van der Waals surface area contributed by atoms with Gasteiger partial charge in [-0.25, -0.2) is 13.2 Å². The Bertz CT molecular complexity index is 469. The van der Waals surface area contributed by atoms with Gasteiger partial charge in [0.1, 0.15) is 5.60 Å². The Labute approximate surface area is 108 Å². The molecule has 2 rings (SSSR count). The van der Waals surface area contributed by atoms with Crippen molar-refractivity contribution in [2.24, 2.45) is 5.92 Å². The first kappa shape index (κ1) is 13.8. The van der Waals surface area contributed by atoms with E-state index in [1.807, 2.05) is 13.8 Å². The molecule has 1 aliphatic heterocycles. The van der Waals surface area contributed by atoms with Gasteiger partial charge in [-0.05, 0) is 25.2 Å². The first-order valence-electron chi connectivity index (χ1n) is 6.20. The van der Waals surface area contributed by atoms with Gasteiger partial charge in [-0.2, -0.15) is 0 Å². The van der Waals surface area contributed by atoms with Crippen molar-refractivity contribution >= 4 is 15.8 Å². The van der Waals surface area contributed by atoms with Crippen molar-refractivity contribution < 1.29 is 22.7 Å². The van der Waals surface area contributed by atoms with Crippen LogP contribution in [-0.4, -0.2) is 44.2 Å². The monoisotopic (exact) mass is 276 g/mol. The van der Waals surface area contributed by atoms with Crippen molar-refractivity contribution in [3.05, 3.63) is 0 Å². The van der Waals surface area contributed by atoms with E-state index in [-0.39, 0.29) is 5.92 Å². The van der Waals surface area contributed by atoms with Crippen molar-refractivity contribution in [2.45, 2.75) is 49.6 Å². The molecule has 0 bridgehead atoms. The molecule has 0 radical (unpaired) electrons. The average molecular weight is 276 g/mol. The predicted octanol–water partition coefficient (Wildman–Crippen LogP) is 0.920. The van der Waals surface area contributed by atoms with Gasteiger partial charge in [-0.15, -0.1) is 0 Å². The van der Waals surface area contributed by atoms with Crippen LogP contribution in [-0.2, 0) is 24.1 Å². The van der Waals surface area contributed by atoms with E-state index in [4.69, 9.17) is 9.47 Å². The summed E-state index contributed by atoms with van der Waals surface area (Å²) in [6.07, 6.45) is 3.15. The number of carbonyl (C=O) groups excluding carboxylic acids is 1. The largest absolute Gasteiger partial charge is 0.467 e. The fourth-order valence-corrected chi connectivity index (χ4v) is 5.14. The Morgan fingerprint density at radius 3 is 2.50 bits per heavy atom. The van der Waals surface area contributed by atoms with E-state index in [1.165, 1.54) is 13.4 Å². The lowest BCUT2D eigenvalue weighted by Gasteiger charge is -2.21. The van der Waals surface area contributed by atoms with E-state index < -0.39 is 32.3 Å². The van der Waals surface area contributed by atoms with Crippen molar-refractivity contribution in [3.63, 3.8) is 0 Å². The number of carbonyl (C=O) groups is 1. The number of hydrogen-bond acceptors (Lipinski definition) is 5. The molecule has 1 heterocycles. The topological polar surface area (TPSA) is 73.0 Å². The van der Waals surface area contributed by atoms with Crippen molar-refractivity contribution in [2.75, 3.05) is 13.4 Å². The predicted molar refractivity (Wildman–Crippen MR) is 65.9 cm³/mol. The molecular weight excluding hydrogens is 256 g/mol. The number of methoxy groups -OCH3 is 1. The summed E-state index contributed by atoms with van der Waals surface area (Å²) in [5, 5.41) is -0.591. The van der Waals surface area contributed by atoms with Crippen LogP contribution in [0.2, 0.25) is 0 Å². The Morgan fingerprint density at radius 1 is 1.44 bits per heavy atom. The Kier molecular flexibility index (Phi) is 3.02. The summed E-state index contributed by atoms with van der Waals surface area (Å²) in [5.41, 5.74) is -1.94. The van der Waals surface area contributed by atoms with Crippen LogP contribution in [0.25, 0.3) is 0 Å². The summed E-state index contributed by atoms with van der Waals surface area (Å²) in [4.78, 5) is 12.0. The van der Waals surface area contributed by atoms with Crippen molar-refractivity contribution in [1.29, 1.82) is 0 Å². The van der Waals surface area contributed by atoms with Crippen LogP contribution >= 0.6 is 0 Å². The number of ether oxygens (including phenoxy) is 2. The molecule has 0 aromatic carbocycles. The molecule has 0 amide bonds. The maximum Gasteiger partial charge on any atom is 0.341 e. The van der Waals surface area contributed by atoms with Gasteiger partial charge in [0.25, 0.3) is 0 Å². The minimum absolute atomic E-state index is 0.104. The van der Waals surface area contributed by atoms with Gasteiger partial charge < -0.3 is 9.47 Å². The highest BCUT2D eigenvalue weighted by molar-refractivity contribution is 7.91. The molecule has 1 saturated carbocycles. The zero-order valence-electron chi connectivity index (χ0n) is 11.2. The summed E-state index contributed by atoms with van der Waals surface area (Å²) in [6, 6.07) is 0. The van der Waals surface area contributed by atoms with Gasteiger partial charge in [0.2, 0.25) is 0 Å². The van der Waals surface area contributed by atoms with E-state index in [2.05, 4.69) is 0 Å². The van der Waals surface area contributed by atoms with Crippen LogP contribution in [0, 0.1) is 5.92 Å². The van der Waals surface area contributed by atoms with Crippen LogP contribution < -0.4 is 0 Å². The summed E-state index contributed by atoms with van der Waals surface area (Å²) >= 11 is 0. The highest BCUT2D eigenvalue weighted by Gasteiger charge is 2.81. The van der Waals surface area contributed by atoms with Crippen LogP contribution in [0.15, 0.2) is 0 Å². The highest BCUT2D eigenvalue weighted by Crippen LogP contribution is 2.63. The number of epoxide rings is 1. The Morgan fingerprint density at radius 2 is 2.06 bits per heavy atom. The lowest BCUT2D eigenvalue weighted by Crippen LogP contribution is -2.45. The standard InChI is InChI=1S/C12H20O5S/c1-8(2)12(10(13)16-3)11(17-12)7-5-6-9(11)18(4,14)15/h8-9H,5-7H2,1-4H3. The highest BCUT2D eigenvalue weighted by atomic mass is 32.2. The van der Waals surface area contributed by atoms with Gasteiger partial charge in [0, 0.05) is 6.26 Å². The van der Waals surface area contributed by atoms with E-state index >= 15 is 0 Å². The van der Waals surface area contributed by atoms with Crippen LogP contribution in [0.4, 0.5) is 0 Å². The maximum atomic E-state index is 12.0. The zero-order chi connectivity index (χ0) is 13.8. The molecule has 0 N–H and O–H groups in total. The fraction of sp³-hybridized carbons (Fsp3) is 0.917. The Balaban J connectivity index is 2.43. The molecule has 2 aliphatic rings. The SMILES string of the molecule is COC(=O)C1(C(C)C)OC12CCCC2S(C)(=O)=O. The smallest absolute Gasteiger partial charge is 0.341 e. The molecule has 18 heavy (non-hydrogen) atoms. The number of hydrogen-bond donors (Lipinski definition) is 0. The molecule has 3 atom stereocenters. The normalized spacial score (nSPS) is 39.3. The summed E-state index contributed by atoms with van der Waals surface area (Å²) in [5.74, 6) is -0.555. The maximum absolute atomic E-state index is 12.0. The van der Waals surface area contributed by atoms with E-state index in [1.54, 1.807) is 0 Å². The van der Waals surface area contributed by atoms with E-state index in [0.29, 0.717) is 12.8 Å². The number of sulfone groups is 1. The van der Waals surface area contributed by atoms with Crippen molar-refractivity contribution in [3.8, 4) is 0 Å². The first-order chi connectivity index (χ1) is 8.22. The molecule has 5 nitrogen and oxygen atoms in total. The third-order valence-electron chi connectivity index (χ3n) is 4.28. The summed E-state index contributed by atoms with van der Waals surface area (Å²) < 4.78 is 34.3. The van der Waals surface area contributed by atoms with Gasteiger partial charge >= 0.3 is 5.97 Å². The molecule has 6 heteroatoms. The second-order valence-electron chi connectivity index (χ2n) is 5.58. The van der Waals surface area contributed by atoms with Crippen molar-refractivity contribution in [1.82, 2.24) is 0 Å². The lowest BCUT2D eigenvalue weighted by molar-refractivity contribution is -0.148. The van der Waals surface area contributed by atoms with E-state index in [9.17, 15) is 13.2 Å². The number of esters is 1. The first-order valence-corrected chi connectivity index (χ1v) is 8.15. The van der Waals surface area contributed by atoms with Gasteiger partial charge in [0.05, 0.1) is 12.4 Å². The summed E-state index contributed by atoms with van der Waals surface area (Å²) in [7, 11) is -1.92. The molecule has 3 unspecified atom stereocenters. The van der Waals surface area contributed by atoms with Crippen LogP contribution in [0.3, 0.4) is 0 Å². The molecule has 0 aromatic heterocycles. The lowest BCUT2D eigenvalue weighted by atomic mass is 9.82. The minimum atomic E-state index is -3.23. The average Bonchev–Trinajstić information content (AvgIpc) is 2.70. The molecular formula is C12H20O5S. The molecule has 1 saturated heterocycles. The minimum Gasteiger partial charge on any atom is -0.467 e. The Hall–Kier alpha value is -0.620. The van der Waals surface area contributed by atoms with Gasteiger partial charge in [-0.3, -0.25) is 0 Å². The molecule has 2 fully saturated rings. The fourth-order valence-electron chi connectivity index (χ4n) is 3.52. The third-order valence-corrected chi connectivity index (χ3v) is 5.93. The second kappa shape index (κ2) is 3.93. The number of rotatable bonds is 3. The van der Waals surface area contributed by atoms with Crippen LogP contribution in [0.5, 0.6) is 0 Å². The zero-order valence-corrected chi connectivity index (χ0v) is 12.0. The second-order valence-corrected chi connectivity index (χ2v) is 7.81. The van der Waals surface area contributed by atoms with Crippen LogP contribution in [0.1, 0.15) is 33.1 Å². The molecule has 1 aliphatic carbocycles. The molecule has 104 valence electrons.